The van der Waals surface area contributed by atoms with Crippen LogP contribution in [0.2, 0.25) is 0 Å². The molecule has 1 saturated carbocycles. The maximum Gasteiger partial charge on any atom is 0.309 e. The summed E-state index contributed by atoms with van der Waals surface area (Å²) >= 11 is 0. The van der Waals surface area contributed by atoms with E-state index in [1.54, 1.807) is 13.0 Å². The van der Waals surface area contributed by atoms with Crippen molar-refractivity contribution in [3.05, 3.63) is 12.2 Å². The molecule has 0 aromatic heterocycles. The van der Waals surface area contributed by atoms with Gasteiger partial charge in [0.05, 0.1) is 12.5 Å². The molecule has 2 amide bonds. The van der Waals surface area contributed by atoms with Gasteiger partial charge in [-0.15, -0.1) is 0 Å². The zero-order valence-corrected chi connectivity index (χ0v) is 21.8. The van der Waals surface area contributed by atoms with E-state index < -0.39 is 48.4 Å². The summed E-state index contributed by atoms with van der Waals surface area (Å²) in [7, 11) is 1.17. The summed E-state index contributed by atoms with van der Waals surface area (Å²) in [5.74, 6) is -1.68. The number of rotatable bonds is 12. The predicted molar refractivity (Wildman–Crippen MR) is 130 cm³/mol. The molecule has 0 spiro atoms. The fourth-order valence-corrected chi connectivity index (χ4v) is 3.72. The number of hydrogen-bond acceptors (Lipinski definition) is 8. The largest absolute Gasteiger partial charge is 0.461 e. The summed E-state index contributed by atoms with van der Waals surface area (Å²) in [5, 5.41) is 35.8. The van der Waals surface area contributed by atoms with Crippen molar-refractivity contribution in [2.45, 2.75) is 103 Å². The van der Waals surface area contributed by atoms with Crippen LogP contribution in [0.25, 0.3) is 0 Å². The van der Waals surface area contributed by atoms with Crippen LogP contribution in [0.4, 0.5) is 0 Å². The van der Waals surface area contributed by atoms with Gasteiger partial charge in [0.15, 0.2) is 6.10 Å². The van der Waals surface area contributed by atoms with Crippen molar-refractivity contribution in [3.8, 4) is 0 Å². The van der Waals surface area contributed by atoms with E-state index in [1.807, 2.05) is 20.8 Å². The summed E-state index contributed by atoms with van der Waals surface area (Å²) in [4.78, 5) is 37.2. The molecule has 6 atom stereocenters. The molecule has 35 heavy (non-hydrogen) atoms. The third kappa shape index (κ3) is 11.1. The van der Waals surface area contributed by atoms with E-state index in [-0.39, 0.29) is 23.8 Å². The highest BCUT2D eigenvalue weighted by Gasteiger charge is 2.36. The van der Waals surface area contributed by atoms with Gasteiger partial charge in [-0.3, -0.25) is 14.4 Å². The molecule has 202 valence electrons. The minimum Gasteiger partial charge on any atom is -0.461 e. The van der Waals surface area contributed by atoms with Gasteiger partial charge in [-0.2, -0.15) is 0 Å². The normalized spacial score (nSPS) is 20.4. The summed E-state index contributed by atoms with van der Waals surface area (Å²) in [6.45, 7) is 8.92. The third-order valence-electron chi connectivity index (χ3n) is 5.89. The number of carbonyl (C=O) groups excluding carboxylic acids is 3. The molecule has 10 heteroatoms. The van der Waals surface area contributed by atoms with Gasteiger partial charge in [-0.1, -0.05) is 52.2 Å². The van der Waals surface area contributed by atoms with Crippen LogP contribution in [0, 0.1) is 11.3 Å². The molecule has 0 bridgehead atoms. The average molecular weight is 501 g/mol. The minimum atomic E-state index is -1.74. The molecule has 1 unspecified atom stereocenters. The monoisotopic (exact) mass is 500 g/mol. The Morgan fingerprint density at radius 2 is 1.60 bits per heavy atom. The van der Waals surface area contributed by atoms with Crippen LogP contribution in [-0.2, 0) is 23.9 Å². The summed E-state index contributed by atoms with van der Waals surface area (Å²) < 4.78 is 10.5. The lowest BCUT2D eigenvalue weighted by molar-refractivity contribution is -0.154. The van der Waals surface area contributed by atoms with E-state index in [9.17, 15) is 29.7 Å². The second kappa shape index (κ2) is 14.5. The number of esters is 1. The second-order valence-electron chi connectivity index (χ2n) is 10.4. The van der Waals surface area contributed by atoms with E-state index in [0.29, 0.717) is 0 Å². The van der Waals surface area contributed by atoms with Gasteiger partial charge >= 0.3 is 5.97 Å². The highest BCUT2D eigenvalue weighted by Crippen LogP contribution is 2.25. The average Bonchev–Trinajstić information content (AvgIpc) is 2.80. The number of aliphatic hydroxyl groups excluding tert-OH is 3. The van der Waals surface area contributed by atoms with Gasteiger partial charge in [0, 0.05) is 7.11 Å². The summed E-state index contributed by atoms with van der Waals surface area (Å²) in [6.07, 6.45) is 0.940. The Morgan fingerprint density at radius 1 is 1.00 bits per heavy atom. The second-order valence-corrected chi connectivity index (χ2v) is 10.4. The van der Waals surface area contributed by atoms with Gasteiger partial charge in [-0.25, -0.2) is 0 Å². The SMILES string of the molecule is CO[C@@H](C(=O)N[C@@H](C)C(=O)NCC(C)OC(=O)C1CCCCC1)[C@H](O)[C@@H](O)[C@H](O)C=CC(C)(C)C. The van der Waals surface area contributed by atoms with Gasteiger partial charge in [-0.05, 0) is 32.1 Å². The number of hydrogen-bond donors (Lipinski definition) is 5. The van der Waals surface area contributed by atoms with Crippen molar-refractivity contribution >= 4 is 17.8 Å². The number of ether oxygens (including phenoxy) is 2. The van der Waals surface area contributed by atoms with E-state index in [1.165, 1.54) is 20.1 Å². The summed E-state index contributed by atoms with van der Waals surface area (Å²) in [6, 6.07) is -0.989. The van der Waals surface area contributed by atoms with Crippen molar-refractivity contribution in [1.29, 1.82) is 0 Å². The quantitative estimate of drug-likeness (QED) is 0.195. The highest BCUT2D eigenvalue weighted by atomic mass is 16.5. The first-order chi connectivity index (χ1) is 16.3. The Labute approximate surface area is 208 Å². The molecule has 0 aliphatic heterocycles. The Balaban J connectivity index is 2.54. The van der Waals surface area contributed by atoms with Crippen molar-refractivity contribution in [3.63, 3.8) is 0 Å². The maximum atomic E-state index is 12.6. The third-order valence-corrected chi connectivity index (χ3v) is 5.89. The van der Waals surface area contributed by atoms with E-state index >= 15 is 0 Å². The molecule has 5 N–H and O–H groups in total. The standard InChI is InChI=1S/C25H44N2O8/c1-15(35-24(33)17-10-8-7-9-11-17)14-26-22(31)16(2)27-23(32)21(34-6)20(30)19(29)18(28)12-13-25(3,4)5/h12-13,15-21,28-30H,7-11,14H2,1-6H3,(H,26,31)(H,27,32)/t15?,16-,18+,19-,20+,21+/m0/s1. The first-order valence-corrected chi connectivity index (χ1v) is 12.3. The molecule has 0 heterocycles. The molecule has 1 aliphatic carbocycles. The zero-order valence-electron chi connectivity index (χ0n) is 21.8. The fourth-order valence-electron chi connectivity index (χ4n) is 3.72. The highest BCUT2D eigenvalue weighted by molar-refractivity contribution is 5.89. The molecular weight excluding hydrogens is 456 g/mol. The van der Waals surface area contributed by atoms with Crippen molar-refractivity contribution in [2.24, 2.45) is 11.3 Å². The first-order valence-electron chi connectivity index (χ1n) is 12.3. The van der Waals surface area contributed by atoms with E-state index in [0.717, 1.165) is 32.1 Å². The van der Waals surface area contributed by atoms with Crippen LogP contribution in [0.15, 0.2) is 12.2 Å². The Bertz CT molecular complexity index is 715. The summed E-state index contributed by atoms with van der Waals surface area (Å²) in [5.41, 5.74) is -0.252. The fraction of sp³-hybridized carbons (Fsp3) is 0.800. The number of carbonyl (C=O) groups is 3. The number of aliphatic hydroxyl groups is 3. The van der Waals surface area contributed by atoms with Crippen LogP contribution in [0.5, 0.6) is 0 Å². The Kier molecular flexibility index (Phi) is 12.9. The predicted octanol–water partition coefficient (Wildman–Crippen LogP) is 0.819. The molecule has 0 saturated heterocycles. The van der Waals surface area contributed by atoms with Gasteiger partial charge < -0.3 is 35.4 Å². The first kappa shape index (κ1) is 31.0. The topological polar surface area (TPSA) is 154 Å². The van der Waals surface area contributed by atoms with Crippen LogP contribution in [0.3, 0.4) is 0 Å². The zero-order chi connectivity index (χ0) is 26.8. The number of methoxy groups -OCH3 is 1. The number of amides is 2. The van der Waals surface area contributed by atoms with Crippen molar-refractivity contribution in [1.82, 2.24) is 10.6 Å². The van der Waals surface area contributed by atoms with Crippen LogP contribution < -0.4 is 10.6 Å². The molecule has 10 nitrogen and oxygen atoms in total. The molecule has 0 aromatic carbocycles. The molecule has 1 rings (SSSR count). The van der Waals surface area contributed by atoms with Crippen LogP contribution in [0.1, 0.15) is 66.7 Å². The van der Waals surface area contributed by atoms with Crippen molar-refractivity contribution in [2.75, 3.05) is 13.7 Å². The maximum absolute atomic E-state index is 12.6. The molecule has 1 fully saturated rings. The van der Waals surface area contributed by atoms with E-state index in [2.05, 4.69) is 10.6 Å². The lowest BCUT2D eigenvalue weighted by Gasteiger charge is -2.28. The van der Waals surface area contributed by atoms with Crippen LogP contribution >= 0.6 is 0 Å². The number of allylic oxidation sites excluding steroid dienone is 1. The van der Waals surface area contributed by atoms with Gasteiger partial charge in [0.1, 0.15) is 30.5 Å². The molecule has 0 aromatic rings. The Hall–Kier alpha value is -2.01. The Morgan fingerprint density at radius 3 is 2.14 bits per heavy atom. The van der Waals surface area contributed by atoms with Crippen molar-refractivity contribution < 1.29 is 39.2 Å². The molecule has 1 aliphatic rings. The lowest BCUT2D eigenvalue weighted by Crippen LogP contribution is -2.55. The smallest absolute Gasteiger partial charge is 0.309 e. The molecular formula is C25H44N2O8. The van der Waals surface area contributed by atoms with Gasteiger partial charge in [0.25, 0.3) is 5.91 Å². The lowest BCUT2D eigenvalue weighted by atomic mass is 9.89. The van der Waals surface area contributed by atoms with Crippen LogP contribution in [-0.4, -0.2) is 83.3 Å². The van der Waals surface area contributed by atoms with E-state index in [4.69, 9.17) is 9.47 Å². The number of nitrogens with one attached hydrogen (secondary N) is 2. The van der Waals surface area contributed by atoms with Gasteiger partial charge in [0.2, 0.25) is 5.91 Å². The molecule has 0 radical (unpaired) electrons. The minimum absolute atomic E-state index is 0.0822.